The van der Waals surface area contributed by atoms with E-state index in [1.54, 1.807) is 29.6 Å². The predicted octanol–water partition coefficient (Wildman–Crippen LogP) is 0.382. The average molecular weight is 294 g/mol. The number of aliphatic hydroxyl groups excluding tert-OH is 1. The lowest BCUT2D eigenvalue weighted by atomic mass is 10.2. The van der Waals surface area contributed by atoms with Gasteiger partial charge in [0.2, 0.25) is 0 Å². The van der Waals surface area contributed by atoms with Crippen molar-refractivity contribution in [2.45, 2.75) is 13.5 Å². The summed E-state index contributed by atoms with van der Waals surface area (Å²) in [5, 5.41) is 15.9. The fourth-order valence-electron chi connectivity index (χ4n) is 1.77. The number of H-pyrrole nitrogens is 2. The Balaban J connectivity index is 0.000000677. The minimum absolute atomic E-state index is 0.0662. The van der Waals surface area contributed by atoms with Crippen molar-refractivity contribution in [2.24, 2.45) is 0 Å². The molecule has 0 fully saturated rings. The first-order valence-electron chi connectivity index (χ1n) is 6.23. The van der Waals surface area contributed by atoms with Gasteiger partial charge in [0.25, 0.3) is 12.4 Å². The van der Waals surface area contributed by atoms with Gasteiger partial charge < -0.3 is 25.1 Å². The monoisotopic (exact) mass is 294 g/mol. The van der Waals surface area contributed by atoms with Gasteiger partial charge in [-0.15, -0.1) is 0 Å². The van der Waals surface area contributed by atoms with Gasteiger partial charge in [-0.2, -0.15) is 0 Å². The Morgan fingerprint density at radius 1 is 1.52 bits per heavy atom. The molecule has 0 bridgehead atoms. The normalized spacial score (nSPS) is 9.62. The lowest BCUT2D eigenvalue weighted by Crippen LogP contribution is -2.33. The van der Waals surface area contributed by atoms with Crippen LogP contribution >= 0.6 is 0 Å². The van der Waals surface area contributed by atoms with Gasteiger partial charge >= 0.3 is 0 Å². The maximum atomic E-state index is 12.2. The summed E-state index contributed by atoms with van der Waals surface area (Å²) in [7, 11) is 0. The standard InChI is InChI=1S/C12H16N4O2.CH2O2/c1-9-14-7-11(15-9)8-16(4-5-17)12(18)10-2-3-13-6-10;2-1-3/h2-3,6-7,13,17H,4-5,8H2,1H3,(H,14,15);1H,(H,2,3). The van der Waals surface area contributed by atoms with Crippen molar-refractivity contribution in [3.05, 3.63) is 41.7 Å². The highest BCUT2D eigenvalue weighted by Crippen LogP contribution is 2.08. The molecule has 0 unspecified atom stereocenters. The summed E-state index contributed by atoms with van der Waals surface area (Å²) < 4.78 is 0. The third-order valence-corrected chi connectivity index (χ3v) is 2.62. The second-order valence-electron chi connectivity index (χ2n) is 4.15. The van der Waals surface area contributed by atoms with E-state index >= 15 is 0 Å². The maximum Gasteiger partial charge on any atom is 0.290 e. The van der Waals surface area contributed by atoms with Crippen molar-refractivity contribution in [1.29, 1.82) is 0 Å². The minimum Gasteiger partial charge on any atom is -0.483 e. The molecule has 0 spiro atoms. The van der Waals surface area contributed by atoms with E-state index in [4.69, 9.17) is 15.0 Å². The van der Waals surface area contributed by atoms with Crippen LogP contribution in [0.4, 0.5) is 0 Å². The molecule has 2 heterocycles. The molecular weight excluding hydrogens is 276 g/mol. The van der Waals surface area contributed by atoms with Crippen LogP contribution in [0.5, 0.6) is 0 Å². The molecule has 2 rings (SSSR count). The summed E-state index contributed by atoms with van der Waals surface area (Å²) in [6, 6.07) is 1.71. The van der Waals surface area contributed by atoms with E-state index in [2.05, 4.69) is 15.0 Å². The molecule has 0 aliphatic rings. The molecule has 8 nitrogen and oxygen atoms in total. The quantitative estimate of drug-likeness (QED) is 0.594. The summed E-state index contributed by atoms with van der Waals surface area (Å²) >= 11 is 0. The Hall–Kier alpha value is -2.61. The number of rotatable bonds is 5. The van der Waals surface area contributed by atoms with Gasteiger partial charge in [-0.25, -0.2) is 4.98 Å². The van der Waals surface area contributed by atoms with Gasteiger partial charge in [-0.05, 0) is 13.0 Å². The van der Waals surface area contributed by atoms with Crippen molar-refractivity contribution in [2.75, 3.05) is 13.2 Å². The number of hydrogen-bond donors (Lipinski definition) is 4. The summed E-state index contributed by atoms with van der Waals surface area (Å²) in [6.45, 7) is 2.24. The predicted molar refractivity (Wildman–Crippen MR) is 74.6 cm³/mol. The molecule has 0 radical (unpaired) electrons. The number of amides is 1. The lowest BCUT2D eigenvalue weighted by Gasteiger charge is -2.20. The smallest absolute Gasteiger partial charge is 0.290 e. The van der Waals surface area contributed by atoms with Gasteiger partial charge in [-0.1, -0.05) is 0 Å². The Kier molecular flexibility index (Phi) is 6.69. The molecule has 0 saturated carbocycles. The topological polar surface area (TPSA) is 122 Å². The zero-order valence-corrected chi connectivity index (χ0v) is 11.6. The molecule has 2 aromatic rings. The van der Waals surface area contributed by atoms with Crippen LogP contribution in [-0.2, 0) is 11.3 Å². The highest BCUT2D eigenvalue weighted by atomic mass is 16.3. The molecule has 0 aromatic carbocycles. The molecule has 0 aliphatic heterocycles. The summed E-state index contributed by atoms with van der Waals surface area (Å²) in [6.07, 6.45) is 5.04. The van der Waals surface area contributed by atoms with Crippen LogP contribution in [0.2, 0.25) is 0 Å². The molecule has 0 saturated heterocycles. The van der Waals surface area contributed by atoms with Crippen LogP contribution in [0.3, 0.4) is 0 Å². The molecular formula is C13H18N4O4. The van der Waals surface area contributed by atoms with Crippen LogP contribution in [0.25, 0.3) is 0 Å². The second-order valence-corrected chi connectivity index (χ2v) is 4.15. The molecule has 4 N–H and O–H groups in total. The Bertz CT molecular complexity index is 550. The van der Waals surface area contributed by atoms with E-state index in [9.17, 15) is 4.79 Å². The van der Waals surface area contributed by atoms with E-state index in [1.807, 2.05) is 6.92 Å². The number of aromatic amines is 2. The molecule has 2 aromatic heterocycles. The largest absolute Gasteiger partial charge is 0.483 e. The number of aliphatic hydroxyl groups is 1. The first-order valence-corrected chi connectivity index (χ1v) is 6.23. The van der Waals surface area contributed by atoms with Gasteiger partial charge in [0.05, 0.1) is 30.6 Å². The zero-order valence-electron chi connectivity index (χ0n) is 11.6. The fourth-order valence-corrected chi connectivity index (χ4v) is 1.77. The van der Waals surface area contributed by atoms with Crippen LogP contribution in [-0.4, -0.2) is 55.6 Å². The number of hydrogen-bond acceptors (Lipinski definition) is 4. The number of nitrogens with zero attached hydrogens (tertiary/aromatic N) is 2. The minimum atomic E-state index is -0.250. The lowest BCUT2D eigenvalue weighted by molar-refractivity contribution is -0.122. The third-order valence-electron chi connectivity index (χ3n) is 2.62. The van der Waals surface area contributed by atoms with Crippen molar-refractivity contribution >= 4 is 12.4 Å². The molecule has 21 heavy (non-hydrogen) atoms. The van der Waals surface area contributed by atoms with Gasteiger partial charge in [-0.3, -0.25) is 9.59 Å². The van der Waals surface area contributed by atoms with Crippen LogP contribution in [0, 0.1) is 6.92 Å². The van der Waals surface area contributed by atoms with Gasteiger partial charge in [0.1, 0.15) is 5.82 Å². The molecule has 8 heteroatoms. The van der Waals surface area contributed by atoms with E-state index in [-0.39, 0.29) is 19.0 Å². The van der Waals surface area contributed by atoms with Crippen molar-refractivity contribution in [3.8, 4) is 0 Å². The first kappa shape index (κ1) is 16.4. The summed E-state index contributed by atoms with van der Waals surface area (Å²) in [5.41, 5.74) is 1.43. The SMILES string of the molecule is Cc1ncc(CN(CCO)C(=O)c2cc[nH]c2)[nH]1.O=CO. The molecule has 1 amide bonds. The fraction of sp³-hybridized carbons (Fsp3) is 0.308. The third kappa shape index (κ3) is 5.11. The maximum absolute atomic E-state index is 12.2. The summed E-state index contributed by atoms with van der Waals surface area (Å²) in [4.78, 5) is 32.1. The Morgan fingerprint density at radius 3 is 2.71 bits per heavy atom. The number of aryl methyl sites for hydroxylation is 1. The second kappa shape index (κ2) is 8.54. The number of imidazole rings is 1. The van der Waals surface area contributed by atoms with Crippen molar-refractivity contribution < 1.29 is 19.8 Å². The van der Waals surface area contributed by atoms with E-state index < -0.39 is 0 Å². The average Bonchev–Trinajstić information content (AvgIpc) is 3.10. The van der Waals surface area contributed by atoms with Crippen molar-refractivity contribution in [1.82, 2.24) is 19.9 Å². The molecule has 114 valence electrons. The number of carbonyl (C=O) groups is 2. The number of nitrogens with one attached hydrogen (secondary N) is 2. The van der Waals surface area contributed by atoms with E-state index in [0.717, 1.165) is 11.5 Å². The van der Waals surface area contributed by atoms with Crippen molar-refractivity contribution in [3.63, 3.8) is 0 Å². The highest BCUT2D eigenvalue weighted by molar-refractivity contribution is 5.93. The number of carboxylic acid groups (broad SMARTS) is 1. The zero-order chi connectivity index (χ0) is 15.7. The Labute approximate surface area is 121 Å². The van der Waals surface area contributed by atoms with Crippen LogP contribution in [0.1, 0.15) is 21.9 Å². The van der Waals surface area contributed by atoms with Crippen LogP contribution in [0.15, 0.2) is 24.7 Å². The highest BCUT2D eigenvalue weighted by Gasteiger charge is 2.16. The molecule has 0 atom stereocenters. The Morgan fingerprint density at radius 2 is 2.24 bits per heavy atom. The van der Waals surface area contributed by atoms with Gasteiger partial charge in [0, 0.05) is 18.9 Å². The summed E-state index contributed by atoms with van der Waals surface area (Å²) in [5.74, 6) is 0.695. The molecule has 0 aliphatic carbocycles. The van der Waals surface area contributed by atoms with E-state index in [0.29, 0.717) is 18.7 Å². The number of aromatic nitrogens is 3. The van der Waals surface area contributed by atoms with Crippen LogP contribution < -0.4 is 0 Å². The number of carbonyl (C=O) groups excluding carboxylic acids is 1. The van der Waals surface area contributed by atoms with E-state index in [1.165, 1.54) is 0 Å². The van der Waals surface area contributed by atoms with Gasteiger partial charge in [0.15, 0.2) is 0 Å². The first-order chi connectivity index (χ1) is 10.1.